The first kappa shape index (κ1) is 10.1. The summed E-state index contributed by atoms with van der Waals surface area (Å²) in [4.78, 5) is 11.5. The van der Waals surface area contributed by atoms with Crippen molar-refractivity contribution < 1.29 is 4.79 Å². The van der Waals surface area contributed by atoms with Crippen molar-refractivity contribution in [1.29, 1.82) is 0 Å². The fraction of sp³-hybridized carbons (Fsp3) is 0.571. The summed E-state index contributed by atoms with van der Waals surface area (Å²) in [7, 11) is 0. The van der Waals surface area contributed by atoms with E-state index in [1.54, 1.807) is 0 Å². The highest BCUT2D eigenvalue weighted by Gasteiger charge is 2.56. The Morgan fingerprint density at radius 2 is 2.29 bits per heavy atom. The van der Waals surface area contributed by atoms with E-state index in [9.17, 15) is 4.79 Å². The first-order valence-electron chi connectivity index (χ1n) is 3.98. The van der Waals surface area contributed by atoms with Crippen LogP contribution in [0.2, 0.25) is 0 Å². The molecule has 0 aromatic carbocycles. The molecule has 0 spiro atoms. The van der Waals surface area contributed by atoms with Crippen LogP contribution in [-0.4, -0.2) is 20.4 Å². The van der Waals surface area contributed by atoms with Crippen LogP contribution in [0.25, 0.3) is 0 Å². The van der Waals surface area contributed by atoms with E-state index in [-0.39, 0.29) is 11.8 Å². The van der Waals surface area contributed by atoms with Crippen molar-refractivity contribution in [1.82, 2.24) is 10.2 Å². The van der Waals surface area contributed by atoms with Gasteiger partial charge in [0.1, 0.15) is 9.34 Å². The van der Waals surface area contributed by atoms with E-state index < -0.39 is 4.33 Å². The lowest BCUT2D eigenvalue weighted by Gasteiger charge is -1.99. The van der Waals surface area contributed by atoms with E-state index in [2.05, 4.69) is 15.5 Å². The summed E-state index contributed by atoms with van der Waals surface area (Å²) in [6.07, 6.45) is 0.500. The van der Waals surface area contributed by atoms with Gasteiger partial charge in [-0.25, -0.2) is 0 Å². The molecule has 1 aliphatic rings. The van der Waals surface area contributed by atoms with Crippen molar-refractivity contribution in [2.45, 2.75) is 17.7 Å². The second-order valence-corrected chi connectivity index (χ2v) is 5.86. The van der Waals surface area contributed by atoms with Crippen LogP contribution in [0.4, 0.5) is 5.13 Å². The predicted molar refractivity (Wildman–Crippen MR) is 55.8 cm³/mol. The lowest BCUT2D eigenvalue weighted by Crippen LogP contribution is -2.16. The Labute approximate surface area is 94.6 Å². The Bertz CT molecular complexity index is 379. The number of rotatable bonds is 2. The molecule has 1 aromatic rings. The fourth-order valence-electron chi connectivity index (χ4n) is 1.04. The zero-order chi connectivity index (χ0) is 10.3. The Morgan fingerprint density at radius 3 is 2.71 bits per heavy atom. The van der Waals surface area contributed by atoms with Crippen LogP contribution in [-0.2, 0) is 4.79 Å². The number of carbonyl (C=O) groups is 1. The maximum absolute atomic E-state index is 11.5. The number of aromatic nitrogens is 2. The topological polar surface area (TPSA) is 54.9 Å². The van der Waals surface area contributed by atoms with Crippen molar-refractivity contribution in [3.05, 3.63) is 5.01 Å². The standard InChI is InChI=1S/C7H7Cl2N3OS/c1-3-11-12-6(14-3)10-5(13)4-2-7(4,8)9/h4H,2H2,1H3,(H,10,12,13). The van der Waals surface area contributed by atoms with Crippen molar-refractivity contribution in [2.24, 2.45) is 5.92 Å². The molecule has 1 aliphatic carbocycles. The van der Waals surface area contributed by atoms with Crippen LogP contribution in [0, 0.1) is 12.8 Å². The SMILES string of the molecule is Cc1nnc(NC(=O)C2CC2(Cl)Cl)s1. The molecule has 7 heteroatoms. The second-order valence-electron chi connectivity index (χ2n) is 3.13. The van der Waals surface area contributed by atoms with Crippen LogP contribution in [0.5, 0.6) is 0 Å². The molecule has 1 aromatic heterocycles. The summed E-state index contributed by atoms with van der Waals surface area (Å²) in [5.41, 5.74) is 0. The molecular weight excluding hydrogens is 245 g/mol. The van der Waals surface area contributed by atoms with Gasteiger partial charge in [-0.3, -0.25) is 4.79 Å². The van der Waals surface area contributed by atoms with Gasteiger partial charge in [-0.05, 0) is 13.3 Å². The number of alkyl halides is 2. The van der Waals surface area contributed by atoms with E-state index in [1.165, 1.54) is 11.3 Å². The number of carbonyl (C=O) groups excluding carboxylic acids is 1. The van der Waals surface area contributed by atoms with Crippen LogP contribution < -0.4 is 5.32 Å². The molecule has 1 amide bonds. The molecule has 0 bridgehead atoms. The lowest BCUT2D eigenvalue weighted by molar-refractivity contribution is -0.117. The molecule has 1 N–H and O–H groups in total. The van der Waals surface area contributed by atoms with Gasteiger partial charge < -0.3 is 5.32 Å². The molecule has 0 aliphatic heterocycles. The summed E-state index contributed by atoms with van der Waals surface area (Å²) in [6.45, 7) is 1.82. The molecule has 4 nitrogen and oxygen atoms in total. The average molecular weight is 252 g/mol. The maximum atomic E-state index is 11.5. The second kappa shape index (κ2) is 3.32. The van der Waals surface area contributed by atoms with Gasteiger partial charge in [-0.15, -0.1) is 33.4 Å². The van der Waals surface area contributed by atoms with Crippen LogP contribution >= 0.6 is 34.5 Å². The summed E-state index contributed by atoms with van der Waals surface area (Å²) in [5.74, 6) is -0.513. The first-order chi connectivity index (χ1) is 6.49. The zero-order valence-electron chi connectivity index (χ0n) is 7.25. The highest BCUT2D eigenvalue weighted by molar-refractivity contribution is 7.15. The Kier molecular flexibility index (Phi) is 2.41. The highest BCUT2D eigenvalue weighted by Crippen LogP contribution is 2.53. The van der Waals surface area contributed by atoms with Crippen molar-refractivity contribution in [3.63, 3.8) is 0 Å². The van der Waals surface area contributed by atoms with Crippen molar-refractivity contribution >= 4 is 45.6 Å². The summed E-state index contributed by atoms with van der Waals surface area (Å²) < 4.78 is -0.885. The predicted octanol–water partition coefficient (Wildman–Crippen LogP) is 1.98. The zero-order valence-corrected chi connectivity index (χ0v) is 9.58. The molecule has 1 heterocycles. The van der Waals surface area contributed by atoms with Gasteiger partial charge >= 0.3 is 0 Å². The van der Waals surface area contributed by atoms with Gasteiger partial charge in [-0.2, -0.15) is 0 Å². The fourth-order valence-corrected chi connectivity index (χ4v) is 2.14. The first-order valence-corrected chi connectivity index (χ1v) is 5.55. The van der Waals surface area contributed by atoms with Crippen molar-refractivity contribution in [2.75, 3.05) is 5.32 Å². The monoisotopic (exact) mass is 251 g/mol. The molecular formula is C7H7Cl2N3OS. The summed E-state index contributed by atoms with van der Waals surface area (Å²) in [5, 5.41) is 11.4. The smallest absolute Gasteiger partial charge is 0.232 e. The molecule has 76 valence electrons. The van der Waals surface area contributed by atoms with E-state index in [0.29, 0.717) is 11.6 Å². The number of hydrogen-bond donors (Lipinski definition) is 1. The van der Waals surface area contributed by atoms with Gasteiger partial charge in [0.25, 0.3) is 0 Å². The van der Waals surface area contributed by atoms with Gasteiger partial charge in [0.15, 0.2) is 0 Å². The van der Waals surface area contributed by atoms with E-state index in [1.807, 2.05) is 6.92 Å². The van der Waals surface area contributed by atoms with Crippen LogP contribution in [0.1, 0.15) is 11.4 Å². The quantitative estimate of drug-likeness (QED) is 0.819. The van der Waals surface area contributed by atoms with Crippen molar-refractivity contribution in [3.8, 4) is 0 Å². The number of amides is 1. The Hall–Kier alpha value is -0.390. The number of aryl methyl sites for hydroxylation is 1. The molecule has 2 rings (SSSR count). The largest absolute Gasteiger partial charge is 0.300 e. The minimum Gasteiger partial charge on any atom is -0.300 e. The third kappa shape index (κ3) is 1.99. The lowest BCUT2D eigenvalue weighted by atomic mass is 10.4. The molecule has 14 heavy (non-hydrogen) atoms. The van der Waals surface area contributed by atoms with Gasteiger partial charge in [0.05, 0.1) is 5.92 Å². The third-order valence-electron chi connectivity index (χ3n) is 1.90. The highest BCUT2D eigenvalue weighted by atomic mass is 35.5. The van der Waals surface area contributed by atoms with E-state index in [4.69, 9.17) is 23.2 Å². The number of hydrogen-bond acceptors (Lipinski definition) is 4. The Balaban J connectivity index is 1.96. The van der Waals surface area contributed by atoms with Crippen LogP contribution in [0.15, 0.2) is 0 Å². The molecule has 1 atom stereocenters. The number of nitrogens with one attached hydrogen (secondary N) is 1. The summed E-state index contributed by atoms with van der Waals surface area (Å²) >= 11 is 12.8. The van der Waals surface area contributed by atoms with Gasteiger partial charge in [-0.1, -0.05) is 11.3 Å². The summed E-state index contributed by atoms with van der Waals surface area (Å²) in [6, 6.07) is 0. The number of anilines is 1. The number of nitrogens with zero attached hydrogens (tertiary/aromatic N) is 2. The number of halogens is 2. The molecule has 1 fully saturated rings. The minimum absolute atomic E-state index is 0.189. The molecule has 1 unspecified atom stereocenters. The van der Waals surface area contributed by atoms with Crippen LogP contribution in [0.3, 0.4) is 0 Å². The van der Waals surface area contributed by atoms with E-state index >= 15 is 0 Å². The maximum Gasteiger partial charge on any atom is 0.232 e. The normalized spacial score (nSPS) is 23.2. The Morgan fingerprint density at radius 1 is 1.64 bits per heavy atom. The molecule has 0 radical (unpaired) electrons. The average Bonchev–Trinajstić information content (AvgIpc) is 2.51. The molecule has 0 saturated heterocycles. The minimum atomic E-state index is -0.885. The van der Waals surface area contributed by atoms with E-state index in [0.717, 1.165) is 5.01 Å². The van der Waals surface area contributed by atoms with Gasteiger partial charge in [0, 0.05) is 0 Å². The molecule has 1 saturated carbocycles. The van der Waals surface area contributed by atoms with Gasteiger partial charge in [0.2, 0.25) is 11.0 Å². The third-order valence-corrected chi connectivity index (χ3v) is 3.49.